The summed E-state index contributed by atoms with van der Waals surface area (Å²) >= 11 is 0. The van der Waals surface area contributed by atoms with Crippen LogP contribution in [0.25, 0.3) is 0 Å². The molecule has 0 rings (SSSR count). The van der Waals surface area contributed by atoms with Crippen molar-refractivity contribution >= 4 is 12.0 Å². The summed E-state index contributed by atoms with van der Waals surface area (Å²) in [4.78, 5) is 21.4. The standard InChI is InChI=1S/C10H17N3O3/c1-8(7-11)16-9(14)5-3-2-4-6-13-10(12)15/h8H,2-6H2,1H3,(H3,12,13,15)/t8-/m0/s1. The highest BCUT2D eigenvalue weighted by Gasteiger charge is 2.07. The summed E-state index contributed by atoms with van der Waals surface area (Å²) in [6.07, 6.45) is 1.85. The average molecular weight is 227 g/mol. The number of ether oxygens (including phenoxy) is 1. The van der Waals surface area contributed by atoms with Crippen molar-refractivity contribution in [2.45, 2.75) is 38.7 Å². The Hall–Kier alpha value is -1.77. The topological polar surface area (TPSA) is 105 Å². The van der Waals surface area contributed by atoms with Gasteiger partial charge in [0.25, 0.3) is 0 Å². The fourth-order valence-corrected chi connectivity index (χ4v) is 1.07. The normalized spacial score (nSPS) is 11.2. The van der Waals surface area contributed by atoms with Crippen molar-refractivity contribution in [1.29, 1.82) is 5.26 Å². The van der Waals surface area contributed by atoms with Crippen LogP contribution in [-0.2, 0) is 9.53 Å². The number of esters is 1. The van der Waals surface area contributed by atoms with Crippen molar-refractivity contribution in [2.24, 2.45) is 5.73 Å². The maximum absolute atomic E-state index is 11.1. The Bertz CT molecular complexity index is 273. The SMILES string of the molecule is C[C@@H](C#N)OC(=O)CCCCCNC(N)=O. The van der Waals surface area contributed by atoms with Crippen molar-refractivity contribution < 1.29 is 14.3 Å². The van der Waals surface area contributed by atoms with Gasteiger partial charge in [-0.05, 0) is 19.8 Å². The predicted molar refractivity (Wildman–Crippen MR) is 57.2 cm³/mol. The molecule has 6 nitrogen and oxygen atoms in total. The molecule has 0 saturated heterocycles. The van der Waals surface area contributed by atoms with Crippen LogP contribution < -0.4 is 11.1 Å². The van der Waals surface area contributed by atoms with E-state index in [9.17, 15) is 9.59 Å². The number of nitrogens with two attached hydrogens (primary N) is 1. The lowest BCUT2D eigenvalue weighted by molar-refractivity contribution is -0.146. The molecular formula is C10H17N3O3. The number of carbonyl (C=O) groups excluding carboxylic acids is 2. The summed E-state index contributed by atoms with van der Waals surface area (Å²) in [5.41, 5.74) is 4.87. The minimum Gasteiger partial charge on any atom is -0.447 e. The molecular weight excluding hydrogens is 210 g/mol. The lowest BCUT2D eigenvalue weighted by Gasteiger charge is -2.05. The number of amides is 2. The van der Waals surface area contributed by atoms with Crippen LogP contribution in [-0.4, -0.2) is 24.6 Å². The van der Waals surface area contributed by atoms with E-state index in [0.717, 1.165) is 12.8 Å². The molecule has 0 bridgehead atoms. The number of primary amides is 1. The number of hydrogen-bond donors (Lipinski definition) is 2. The van der Waals surface area contributed by atoms with Gasteiger partial charge in [-0.1, -0.05) is 6.42 Å². The van der Waals surface area contributed by atoms with E-state index in [4.69, 9.17) is 15.7 Å². The van der Waals surface area contributed by atoms with E-state index in [-0.39, 0.29) is 5.97 Å². The van der Waals surface area contributed by atoms with E-state index in [1.807, 2.05) is 6.07 Å². The summed E-state index contributed by atoms with van der Waals surface area (Å²) in [5, 5.41) is 10.9. The first-order valence-electron chi connectivity index (χ1n) is 5.18. The fraction of sp³-hybridized carbons (Fsp3) is 0.700. The van der Waals surface area contributed by atoms with Crippen LogP contribution in [0.2, 0.25) is 0 Å². The van der Waals surface area contributed by atoms with Crippen LogP contribution in [0.15, 0.2) is 0 Å². The van der Waals surface area contributed by atoms with Gasteiger partial charge in [0.15, 0.2) is 6.10 Å². The van der Waals surface area contributed by atoms with Gasteiger partial charge in [-0.2, -0.15) is 5.26 Å². The van der Waals surface area contributed by atoms with Crippen molar-refractivity contribution in [3.05, 3.63) is 0 Å². The van der Waals surface area contributed by atoms with Crippen LogP contribution in [0.3, 0.4) is 0 Å². The lowest BCUT2D eigenvalue weighted by Crippen LogP contribution is -2.29. The van der Waals surface area contributed by atoms with Crippen LogP contribution in [0, 0.1) is 11.3 Å². The smallest absolute Gasteiger partial charge is 0.312 e. The number of hydrogen-bond acceptors (Lipinski definition) is 4. The molecule has 16 heavy (non-hydrogen) atoms. The summed E-state index contributed by atoms with van der Waals surface area (Å²) in [5.74, 6) is -0.364. The molecule has 0 fully saturated rings. The van der Waals surface area contributed by atoms with E-state index >= 15 is 0 Å². The zero-order valence-electron chi connectivity index (χ0n) is 9.36. The summed E-state index contributed by atoms with van der Waals surface area (Å²) in [6.45, 7) is 2.04. The van der Waals surface area contributed by atoms with Gasteiger partial charge in [0, 0.05) is 13.0 Å². The number of rotatable bonds is 7. The van der Waals surface area contributed by atoms with Crippen molar-refractivity contribution in [3.63, 3.8) is 0 Å². The molecule has 0 unspecified atom stereocenters. The molecule has 2 amide bonds. The number of nitriles is 1. The van der Waals surface area contributed by atoms with E-state index in [2.05, 4.69) is 5.32 Å². The molecule has 0 aliphatic rings. The fourth-order valence-electron chi connectivity index (χ4n) is 1.07. The quantitative estimate of drug-likeness (QED) is 0.492. The molecule has 0 aliphatic heterocycles. The average Bonchev–Trinajstić information content (AvgIpc) is 2.22. The third-order valence-electron chi connectivity index (χ3n) is 1.85. The predicted octanol–water partition coefficient (Wildman–Crippen LogP) is 0.670. The van der Waals surface area contributed by atoms with Gasteiger partial charge < -0.3 is 15.8 Å². The first-order chi connectivity index (χ1) is 7.56. The Kier molecular flexibility index (Phi) is 7.59. The summed E-state index contributed by atoms with van der Waals surface area (Å²) in [7, 11) is 0. The lowest BCUT2D eigenvalue weighted by atomic mass is 10.2. The molecule has 0 radical (unpaired) electrons. The second-order valence-electron chi connectivity index (χ2n) is 3.36. The first kappa shape index (κ1) is 14.2. The van der Waals surface area contributed by atoms with Crippen LogP contribution in [0.4, 0.5) is 4.79 Å². The molecule has 0 spiro atoms. The molecule has 0 saturated carbocycles. The highest BCUT2D eigenvalue weighted by atomic mass is 16.5. The largest absolute Gasteiger partial charge is 0.447 e. The minimum absolute atomic E-state index is 0.294. The van der Waals surface area contributed by atoms with Crippen LogP contribution >= 0.6 is 0 Å². The Labute approximate surface area is 94.7 Å². The first-order valence-corrected chi connectivity index (χ1v) is 5.18. The van der Waals surface area contributed by atoms with E-state index in [1.54, 1.807) is 0 Å². The van der Waals surface area contributed by atoms with Crippen LogP contribution in [0.1, 0.15) is 32.6 Å². The zero-order chi connectivity index (χ0) is 12.4. The highest BCUT2D eigenvalue weighted by molar-refractivity contribution is 5.71. The zero-order valence-corrected chi connectivity index (χ0v) is 9.36. The van der Waals surface area contributed by atoms with Gasteiger partial charge in [-0.25, -0.2) is 4.79 Å². The molecule has 90 valence electrons. The van der Waals surface area contributed by atoms with Gasteiger partial charge in [0.2, 0.25) is 0 Å². The van der Waals surface area contributed by atoms with E-state index in [1.165, 1.54) is 6.92 Å². The molecule has 0 aromatic heterocycles. The van der Waals surface area contributed by atoms with Gasteiger partial charge in [-0.3, -0.25) is 4.79 Å². The molecule has 6 heteroatoms. The molecule has 0 aromatic carbocycles. The second kappa shape index (κ2) is 8.53. The molecule has 1 atom stereocenters. The number of nitrogens with zero attached hydrogens (tertiary/aromatic N) is 1. The molecule has 0 aliphatic carbocycles. The van der Waals surface area contributed by atoms with Gasteiger partial charge >= 0.3 is 12.0 Å². The maximum Gasteiger partial charge on any atom is 0.312 e. The third-order valence-corrected chi connectivity index (χ3v) is 1.85. The van der Waals surface area contributed by atoms with E-state index < -0.39 is 12.1 Å². The van der Waals surface area contributed by atoms with Gasteiger partial charge in [0.1, 0.15) is 6.07 Å². The molecule has 3 N–H and O–H groups in total. The number of carbonyl (C=O) groups is 2. The van der Waals surface area contributed by atoms with Crippen molar-refractivity contribution in [3.8, 4) is 6.07 Å². The van der Waals surface area contributed by atoms with Gasteiger partial charge in [-0.15, -0.1) is 0 Å². The van der Waals surface area contributed by atoms with Crippen molar-refractivity contribution in [1.82, 2.24) is 5.32 Å². The van der Waals surface area contributed by atoms with E-state index in [0.29, 0.717) is 19.4 Å². The molecule has 0 heterocycles. The second-order valence-corrected chi connectivity index (χ2v) is 3.36. The molecule has 0 aromatic rings. The van der Waals surface area contributed by atoms with Gasteiger partial charge in [0.05, 0.1) is 0 Å². The summed E-state index contributed by atoms with van der Waals surface area (Å²) < 4.78 is 4.75. The summed E-state index contributed by atoms with van der Waals surface area (Å²) in [6, 6.07) is 1.27. The Morgan fingerprint density at radius 3 is 2.69 bits per heavy atom. The maximum atomic E-state index is 11.1. The number of urea groups is 1. The number of unbranched alkanes of at least 4 members (excludes halogenated alkanes) is 2. The van der Waals surface area contributed by atoms with Crippen molar-refractivity contribution in [2.75, 3.05) is 6.54 Å². The minimum atomic E-state index is -0.691. The Morgan fingerprint density at radius 1 is 1.44 bits per heavy atom. The Morgan fingerprint density at radius 2 is 2.12 bits per heavy atom. The monoisotopic (exact) mass is 227 g/mol. The third kappa shape index (κ3) is 8.81. The highest BCUT2D eigenvalue weighted by Crippen LogP contribution is 2.02. The van der Waals surface area contributed by atoms with Crippen LogP contribution in [0.5, 0.6) is 0 Å². The number of nitrogens with one attached hydrogen (secondary N) is 1. The Balaban J connectivity index is 3.35.